The first kappa shape index (κ1) is 21.6. The number of hydrogen-bond acceptors (Lipinski definition) is 4. The highest BCUT2D eigenvalue weighted by Crippen LogP contribution is 2.19. The number of hydrogen-bond donors (Lipinski definition) is 3. The lowest BCUT2D eigenvalue weighted by Gasteiger charge is -2.22. The first-order valence-electron chi connectivity index (χ1n) is 8.87. The van der Waals surface area contributed by atoms with Crippen LogP contribution in [0, 0.1) is 5.41 Å². The molecule has 26 heavy (non-hydrogen) atoms. The minimum atomic E-state index is -0.570. The SMILES string of the molecule is CCNC(=NCC(C)(C)C(=O)NC)NCC(C)Oc1cccc(OC)c1. The minimum absolute atomic E-state index is 0.0353. The Labute approximate surface area is 156 Å². The Morgan fingerprint density at radius 2 is 1.96 bits per heavy atom. The topological polar surface area (TPSA) is 84.0 Å². The molecule has 0 saturated heterocycles. The number of ether oxygens (including phenoxy) is 2. The zero-order valence-corrected chi connectivity index (χ0v) is 16.7. The fourth-order valence-electron chi connectivity index (χ4n) is 2.22. The van der Waals surface area contributed by atoms with Crippen LogP contribution in [0.15, 0.2) is 29.3 Å². The fourth-order valence-corrected chi connectivity index (χ4v) is 2.22. The molecular weight excluding hydrogens is 332 g/mol. The standard InChI is InChI=1S/C19H32N4O3/c1-7-21-18(23-13-19(3,4)17(24)20-5)22-12-14(2)26-16-10-8-9-15(11-16)25-6/h8-11,14H,7,12-13H2,1-6H3,(H,20,24)(H2,21,22,23). The van der Waals surface area contributed by atoms with Crippen LogP contribution in [-0.2, 0) is 4.79 Å². The molecule has 0 aliphatic carbocycles. The van der Waals surface area contributed by atoms with Gasteiger partial charge in [0, 0.05) is 19.7 Å². The maximum Gasteiger partial charge on any atom is 0.227 e. The first-order chi connectivity index (χ1) is 12.3. The molecule has 3 N–H and O–H groups in total. The largest absolute Gasteiger partial charge is 0.497 e. The summed E-state index contributed by atoms with van der Waals surface area (Å²) < 4.78 is 11.1. The molecule has 0 aromatic heterocycles. The van der Waals surface area contributed by atoms with E-state index in [2.05, 4.69) is 20.9 Å². The average Bonchev–Trinajstić information content (AvgIpc) is 2.63. The van der Waals surface area contributed by atoms with Crippen LogP contribution in [0.1, 0.15) is 27.7 Å². The molecule has 0 radical (unpaired) electrons. The Bertz CT molecular complexity index is 602. The van der Waals surface area contributed by atoms with E-state index in [0.29, 0.717) is 19.0 Å². The van der Waals surface area contributed by atoms with Crippen molar-refractivity contribution < 1.29 is 14.3 Å². The number of guanidine groups is 1. The van der Waals surface area contributed by atoms with E-state index in [1.165, 1.54) is 0 Å². The van der Waals surface area contributed by atoms with Gasteiger partial charge in [-0.2, -0.15) is 0 Å². The van der Waals surface area contributed by atoms with Crippen molar-refractivity contribution >= 4 is 11.9 Å². The van der Waals surface area contributed by atoms with Crippen molar-refractivity contribution in [1.82, 2.24) is 16.0 Å². The van der Waals surface area contributed by atoms with E-state index in [4.69, 9.17) is 9.47 Å². The number of aliphatic imine (C=N–C) groups is 1. The summed E-state index contributed by atoms with van der Waals surface area (Å²) in [6.45, 7) is 9.40. The van der Waals surface area contributed by atoms with Gasteiger partial charge in [0.2, 0.25) is 5.91 Å². The van der Waals surface area contributed by atoms with Crippen molar-refractivity contribution in [2.24, 2.45) is 10.4 Å². The predicted molar refractivity (Wildman–Crippen MR) is 105 cm³/mol. The lowest BCUT2D eigenvalue weighted by molar-refractivity contribution is -0.128. The van der Waals surface area contributed by atoms with E-state index in [1.54, 1.807) is 14.2 Å². The van der Waals surface area contributed by atoms with Crippen LogP contribution in [0.25, 0.3) is 0 Å². The van der Waals surface area contributed by atoms with Gasteiger partial charge in [0.1, 0.15) is 17.6 Å². The van der Waals surface area contributed by atoms with Crippen LogP contribution in [0.4, 0.5) is 0 Å². The van der Waals surface area contributed by atoms with Crippen molar-refractivity contribution in [3.05, 3.63) is 24.3 Å². The average molecular weight is 364 g/mol. The molecule has 1 rings (SSSR count). The normalized spacial score (nSPS) is 12.9. The van der Waals surface area contributed by atoms with Gasteiger partial charge in [0.25, 0.3) is 0 Å². The molecule has 0 heterocycles. The number of methoxy groups -OCH3 is 1. The maximum absolute atomic E-state index is 11.9. The molecule has 1 aromatic rings. The van der Waals surface area contributed by atoms with Crippen molar-refractivity contribution in [1.29, 1.82) is 0 Å². The maximum atomic E-state index is 11.9. The lowest BCUT2D eigenvalue weighted by atomic mass is 9.93. The van der Waals surface area contributed by atoms with Gasteiger partial charge >= 0.3 is 0 Å². The van der Waals surface area contributed by atoms with E-state index in [9.17, 15) is 4.79 Å². The van der Waals surface area contributed by atoms with Crippen LogP contribution >= 0.6 is 0 Å². The third-order valence-electron chi connectivity index (χ3n) is 3.75. The van der Waals surface area contributed by atoms with Crippen molar-refractivity contribution in [3.8, 4) is 11.5 Å². The van der Waals surface area contributed by atoms with Crippen molar-refractivity contribution in [2.45, 2.75) is 33.8 Å². The zero-order valence-electron chi connectivity index (χ0n) is 16.7. The molecule has 0 saturated carbocycles. The van der Waals surface area contributed by atoms with Gasteiger partial charge in [0.05, 0.1) is 25.6 Å². The number of nitrogens with zero attached hydrogens (tertiary/aromatic N) is 1. The van der Waals surface area contributed by atoms with Gasteiger partial charge < -0.3 is 25.4 Å². The monoisotopic (exact) mass is 364 g/mol. The van der Waals surface area contributed by atoms with Gasteiger partial charge in [-0.3, -0.25) is 9.79 Å². The van der Waals surface area contributed by atoms with Crippen LogP contribution in [0.3, 0.4) is 0 Å². The van der Waals surface area contributed by atoms with Crippen LogP contribution in [-0.4, -0.2) is 51.8 Å². The second-order valence-electron chi connectivity index (χ2n) is 6.65. The highest BCUT2D eigenvalue weighted by molar-refractivity contribution is 5.83. The third kappa shape index (κ3) is 7.21. The fraction of sp³-hybridized carbons (Fsp3) is 0.579. The smallest absolute Gasteiger partial charge is 0.227 e. The molecule has 0 aliphatic heterocycles. The molecule has 1 unspecified atom stereocenters. The number of carbonyl (C=O) groups is 1. The van der Waals surface area contributed by atoms with Gasteiger partial charge in [-0.1, -0.05) is 6.07 Å². The summed E-state index contributed by atoms with van der Waals surface area (Å²) in [5, 5.41) is 9.10. The molecule has 1 aromatic carbocycles. The van der Waals surface area contributed by atoms with Crippen LogP contribution in [0.5, 0.6) is 11.5 Å². The number of benzene rings is 1. The summed E-state index contributed by atoms with van der Waals surface area (Å²) in [4.78, 5) is 16.4. The van der Waals surface area contributed by atoms with Gasteiger partial charge in [-0.05, 0) is 39.8 Å². The summed E-state index contributed by atoms with van der Waals surface area (Å²) in [5.41, 5.74) is -0.570. The molecule has 0 aliphatic rings. The molecule has 146 valence electrons. The number of rotatable bonds is 9. The molecule has 1 amide bonds. The molecular formula is C19H32N4O3. The highest BCUT2D eigenvalue weighted by Gasteiger charge is 2.26. The minimum Gasteiger partial charge on any atom is -0.497 e. The molecule has 1 atom stereocenters. The van der Waals surface area contributed by atoms with E-state index in [0.717, 1.165) is 18.0 Å². The predicted octanol–water partition coefficient (Wildman–Crippen LogP) is 1.79. The number of amides is 1. The van der Waals surface area contributed by atoms with Gasteiger partial charge in [-0.25, -0.2) is 0 Å². The van der Waals surface area contributed by atoms with E-state index in [-0.39, 0.29) is 12.0 Å². The lowest BCUT2D eigenvalue weighted by Crippen LogP contribution is -2.43. The second kappa shape index (κ2) is 10.5. The molecule has 0 bridgehead atoms. The molecule has 0 spiro atoms. The van der Waals surface area contributed by atoms with Crippen LogP contribution < -0.4 is 25.4 Å². The van der Waals surface area contributed by atoms with Crippen molar-refractivity contribution in [2.75, 3.05) is 33.8 Å². The summed E-state index contributed by atoms with van der Waals surface area (Å²) >= 11 is 0. The van der Waals surface area contributed by atoms with Crippen molar-refractivity contribution in [3.63, 3.8) is 0 Å². The molecule has 7 heteroatoms. The van der Waals surface area contributed by atoms with Gasteiger partial charge in [0.15, 0.2) is 5.96 Å². The summed E-state index contributed by atoms with van der Waals surface area (Å²) in [7, 11) is 3.26. The Kier molecular flexibility index (Phi) is 8.75. The Hall–Kier alpha value is -2.44. The third-order valence-corrected chi connectivity index (χ3v) is 3.75. The number of carbonyl (C=O) groups excluding carboxylic acids is 1. The Morgan fingerprint density at radius 1 is 1.27 bits per heavy atom. The van der Waals surface area contributed by atoms with E-state index >= 15 is 0 Å². The van der Waals surface area contributed by atoms with Crippen LogP contribution in [0.2, 0.25) is 0 Å². The van der Waals surface area contributed by atoms with E-state index < -0.39 is 5.41 Å². The quantitative estimate of drug-likeness (QED) is 0.460. The molecule has 0 fully saturated rings. The van der Waals surface area contributed by atoms with E-state index in [1.807, 2.05) is 52.0 Å². The zero-order chi connectivity index (χ0) is 19.6. The Morgan fingerprint density at radius 3 is 2.58 bits per heavy atom. The Balaban J connectivity index is 2.61. The summed E-state index contributed by atoms with van der Waals surface area (Å²) in [5.74, 6) is 2.13. The highest BCUT2D eigenvalue weighted by atomic mass is 16.5. The molecule has 7 nitrogen and oxygen atoms in total. The summed E-state index contributed by atoms with van der Waals surface area (Å²) in [6, 6.07) is 7.51. The second-order valence-corrected chi connectivity index (χ2v) is 6.65. The van der Waals surface area contributed by atoms with Gasteiger partial charge in [-0.15, -0.1) is 0 Å². The number of nitrogens with one attached hydrogen (secondary N) is 3. The summed E-state index contributed by atoms with van der Waals surface area (Å²) in [6.07, 6.45) is -0.0714. The first-order valence-corrected chi connectivity index (χ1v) is 8.87.